The van der Waals surface area contributed by atoms with Gasteiger partial charge in [-0.3, -0.25) is 5.32 Å². The van der Waals surface area contributed by atoms with Gasteiger partial charge in [0.2, 0.25) is 0 Å². The molecule has 0 unspecified atom stereocenters. The van der Waals surface area contributed by atoms with Crippen molar-refractivity contribution in [3.63, 3.8) is 0 Å². The fourth-order valence-corrected chi connectivity index (χ4v) is 1.36. The second-order valence-corrected chi connectivity index (χ2v) is 3.66. The molecule has 2 aromatic rings. The Hall–Kier alpha value is -2.83. The Bertz CT molecular complexity index is 563. The largest absolute Gasteiger partial charge is 0.478 e. The number of aromatic nitrogens is 2. The van der Waals surface area contributed by atoms with Crippen molar-refractivity contribution in [2.75, 3.05) is 5.32 Å². The van der Waals surface area contributed by atoms with E-state index < -0.39 is 12.1 Å². The molecule has 0 bridgehead atoms. The van der Waals surface area contributed by atoms with E-state index in [4.69, 9.17) is 9.84 Å². The van der Waals surface area contributed by atoms with Crippen LogP contribution in [-0.4, -0.2) is 27.1 Å². The summed E-state index contributed by atoms with van der Waals surface area (Å²) in [5.74, 6) is -1.02. The summed E-state index contributed by atoms with van der Waals surface area (Å²) in [6, 6.07) is 5.77. The molecule has 1 heterocycles. The number of hydrogen-bond donors (Lipinski definition) is 3. The zero-order valence-corrected chi connectivity index (χ0v) is 9.79. The minimum absolute atomic E-state index is 0.0824. The van der Waals surface area contributed by atoms with E-state index in [2.05, 4.69) is 15.3 Å². The molecular weight excluding hydrogens is 250 g/mol. The highest BCUT2D eigenvalue weighted by Crippen LogP contribution is 2.10. The summed E-state index contributed by atoms with van der Waals surface area (Å²) in [5, 5.41) is 11.2. The predicted molar refractivity (Wildman–Crippen MR) is 65.8 cm³/mol. The van der Waals surface area contributed by atoms with Crippen molar-refractivity contribution in [3.8, 4) is 0 Å². The van der Waals surface area contributed by atoms with E-state index in [1.165, 1.54) is 30.6 Å². The van der Waals surface area contributed by atoms with Crippen LogP contribution < -0.4 is 5.32 Å². The van der Waals surface area contributed by atoms with Crippen molar-refractivity contribution in [1.82, 2.24) is 9.97 Å². The van der Waals surface area contributed by atoms with Crippen LogP contribution in [0.5, 0.6) is 0 Å². The molecular formula is C12H11N3O4. The molecule has 0 fully saturated rings. The molecule has 0 saturated heterocycles. The van der Waals surface area contributed by atoms with Crippen molar-refractivity contribution in [2.45, 2.75) is 6.61 Å². The Kier molecular flexibility index (Phi) is 3.77. The maximum Gasteiger partial charge on any atom is 0.412 e. The van der Waals surface area contributed by atoms with Gasteiger partial charge >= 0.3 is 12.1 Å². The van der Waals surface area contributed by atoms with Crippen molar-refractivity contribution in [3.05, 3.63) is 48.0 Å². The number of ether oxygens (including phenoxy) is 1. The van der Waals surface area contributed by atoms with E-state index in [0.717, 1.165) is 0 Å². The number of nitrogens with zero attached hydrogens (tertiary/aromatic N) is 1. The molecule has 0 aliphatic carbocycles. The third-order valence-corrected chi connectivity index (χ3v) is 2.29. The van der Waals surface area contributed by atoms with E-state index in [-0.39, 0.29) is 12.2 Å². The van der Waals surface area contributed by atoms with Gasteiger partial charge in [-0.1, -0.05) is 0 Å². The lowest BCUT2D eigenvalue weighted by Gasteiger charge is -2.06. The molecule has 7 heteroatoms. The summed E-state index contributed by atoms with van der Waals surface area (Å²) >= 11 is 0. The molecule has 19 heavy (non-hydrogen) atoms. The summed E-state index contributed by atoms with van der Waals surface area (Å²) in [7, 11) is 0. The Morgan fingerprint density at radius 3 is 2.63 bits per heavy atom. The molecule has 2 rings (SSSR count). The third kappa shape index (κ3) is 3.56. The number of carboxylic acids is 1. The second-order valence-electron chi connectivity index (χ2n) is 3.66. The zero-order valence-electron chi connectivity index (χ0n) is 9.79. The molecule has 7 nitrogen and oxygen atoms in total. The molecule has 1 aromatic heterocycles. The van der Waals surface area contributed by atoms with E-state index in [9.17, 15) is 9.59 Å². The lowest BCUT2D eigenvalue weighted by molar-refractivity contribution is 0.0697. The number of H-pyrrole nitrogens is 1. The van der Waals surface area contributed by atoms with Crippen LogP contribution in [0.2, 0.25) is 0 Å². The summed E-state index contributed by atoms with van der Waals surface area (Å²) in [6.45, 7) is 0.0824. The van der Waals surface area contributed by atoms with Gasteiger partial charge in [0, 0.05) is 5.69 Å². The lowest BCUT2D eigenvalue weighted by Crippen LogP contribution is -2.13. The normalized spacial score (nSPS) is 9.89. The standard InChI is InChI=1S/C12H11N3O4/c16-11(17)8-1-3-9(4-2-8)15-12(18)19-6-10-5-13-7-14-10/h1-5,7H,6H2,(H,13,14)(H,15,18)(H,16,17). The van der Waals surface area contributed by atoms with Gasteiger partial charge in [0.25, 0.3) is 0 Å². The number of nitrogens with one attached hydrogen (secondary N) is 2. The van der Waals surface area contributed by atoms with E-state index in [1.54, 1.807) is 6.20 Å². The maximum absolute atomic E-state index is 11.4. The first-order chi connectivity index (χ1) is 9.15. The summed E-state index contributed by atoms with van der Waals surface area (Å²) in [4.78, 5) is 28.7. The quantitative estimate of drug-likeness (QED) is 0.779. The highest BCUT2D eigenvalue weighted by Gasteiger charge is 2.06. The Labute approximate surface area is 108 Å². The first-order valence-electron chi connectivity index (χ1n) is 5.39. The number of aromatic carboxylic acids is 1. The molecule has 0 radical (unpaired) electrons. The monoisotopic (exact) mass is 261 g/mol. The molecule has 0 aliphatic rings. The summed E-state index contributed by atoms with van der Waals surface area (Å²) in [6.07, 6.45) is 2.41. The average Bonchev–Trinajstić information content (AvgIpc) is 2.90. The van der Waals surface area contributed by atoms with Gasteiger partial charge in [-0.2, -0.15) is 0 Å². The average molecular weight is 261 g/mol. The lowest BCUT2D eigenvalue weighted by atomic mass is 10.2. The van der Waals surface area contributed by atoms with Gasteiger partial charge in [0.15, 0.2) is 0 Å². The Morgan fingerprint density at radius 2 is 2.05 bits per heavy atom. The van der Waals surface area contributed by atoms with Gasteiger partial charge in [-0.05, 0) is 24.3 Å². The molecule has 0 spiro atoms. The Balaban J connectivity index is 1.86. The van der Waals surface area contributed by atoms with Crippen molar-refractivity contribution < 1.29 is 19.4 Å². The molecule has 3 N–H and O–H groups in total. The van der Waals surface area contributed by atoms with Crippen molar-refractivity contribution in [2.24, 2.45) is 0 Å². The van der Waals surface area contributed by atoms with E-state index >= 15 is 0 Å². The van der Waals surface area contributed by atoms with Crippen LogP contribution in [0.25, 0.3) is 0 Å². The van der Waals surface area contributed by atoms with Gasteiger partial charge in [0.05, 0.1) is 23.8 Å². The van der Waals surface area contributed by atoms with Crippen LogP contribution in [0, 0.1) is 0 Å². The van der Waals surface area contributed by atoms with Crippen LogP contribution in [0.15, 0.2) is 36.8 Å². The Morgan fingerprint density at radius 1 is 1.32 bits per heavy atom. The number of anilines is 1. The minimum Gasteiger partial charge on any atom is -0.478 e. The van der Waals surface area contributed by atoms with Crippen molar-refractivity contribution >= 4 is 17.7 Å². The van der Waals surface area contributed by atoms with Crippen LogP contribution in [0.3, 0.4) is 0 Å². The SMILES string of the molecule is O=C(Nc1ccc(C(=O)O)cc1)OCc1cnc[nH]1. The summed E-state index contributed by atoms with van der Waals surface area (Å²) in [5.41, 5.74) is 1.28. The number of rotatable bonds is 4. The highest BCUT2D eigenvalue weighted by atomic mass is 16.5. The van der Waals surface area contributed by atoms with Crippen LogP contribution in [0.1, 0.15) is 16.1 Å². The first kappa shape index (κ1) is 12.6. The molecule has 1 aromatic carbocycles. The number of imidazole rings is 1. The first-order valence-corrected chi connectivity index (χ1v) is 5.39. The van der Waals surface area contributed by atoms with Gasteiger partial charge in [-0.25, -0.2) is 14.6 Å². The smallest absolute Gasteiger partial charge is 0.412 e. The maximum atomic E-state index is 11.4. The predicted octanol–water partition coefficient (Wildman–Crippen LogP) is 1.86. The van der Waals surface area contributed by atoms with Gasteiger partial charge in [0.1, 0.15) is 6.61 Å². The molecule has 0 atom stereocenters. The molecule has 98 valence electrons. The van der Waals surface area contributed by atoms with Gasteiger partial charge < -0.3 is 14.8 Å². The van der Waals surface area contributed by atoms with Crippen LogP contribution in [-0.2, 0) is 11.3 Å². The molecule has 0 aliphatic heterocycles. The van der Waals surface area contributed by atoms with Crippen LogP contribution >= 0.6 is 0 Å². The highest BCUT2D eigenvalue weighted by molar-refractivity contribution is 5.89. The number of hydrogen-bond acceptors (Lipinski definition) is 4. The topological polar surface area (TPSA) is 104 Å². The number of amides is 1. The fraction of sp³-hybridized carbons (Fsp3) is 0.0833. The summed E-state index contributed by atoms with van der Waals surface area (Å²) < 4.78 is 4.93. The molecule has 1 amide bonds. The second kappa shape index (κ2) is 5.67. The number of aromatic amines is 1. The molecule has 0 saturated carbocycles. The minimum atomic E-state index is -1.02. The zero-order chi connectivity index (χ0) is 13.7. The number of carboxylic acid groups (broad SMARTS) is 1. The van der Waals surface area contributed by atoms with Gasteiger partial charge in [-0.15, -0.1) is 0 Å². The number of carbonyl (C=O) groups is 2. The van der Waals surface area contributed by atoms with E-state index in [0.29, 0.717) is 11.4 Å². The number of carbonyl (C=O) groups excluding carboxylic acids is 1. The van der Waals surface area contributed by atoms with E-state index in [1.807, 2.05) is 0 Å². The number of benzene rings is 1. The van der Waals surface area contributed by atoms with Crippen molar-refractivity contribution in [1.29, 1.82) is 0 Å². The fourth-order valence-electron chi connectivity index (χ4n) is 1.36. The van der Waals surface area contributed by atoms with Crippen LogP contribution in [0.4, 0.5) is 10.5 Å². The third-order valence-electron chi connectivity index (χ3n) is 2.29.